The van der Waals surface area contributed by atoms with Gasteiger partial charge in [0.05, 0.1) is 5.69 Å². The number of aromatic nitrogens is 2. The Hall–Kier alpha value is -1.88. The van der Waals surface area contributed by atoms with Crippen LogP contribution in [0.15, 0.2) is 24.5 Å². The van der Waals surface area contributed by atoms with E-state index in [-0.39, 0.29) is 12.3 Å². The SMILES string of the molecule is Cc1cccn2cc(CN3CCC(CC(=O)O)C3)nc12. The summed E-state index contributed by atoms with van der Waals surface area (Å²) < 4.78 is 2.05. The maximum absolute atomic E-state index is 10.7. The molecule has 0 bridgehead atoms. The number of hydrogen-bond acceptors (Lipinski definition) is 3. The van der Waals surface area contributed by atoms with E-state index in [0.717, 1.165) is 37.4 Å². The van der Waals surface area contributed by atoms with Crippen LogP contribution in [-0.4, -0.2) is 38.4 Å². The van der Waals surface area contributed by atoms with E-state index in [1.54, 1.807) is 0 Å². The Morgan fingerprint density at radius 2 is 2.40 bits per heavy atom. The molecule has 2 aromatic heterocycles. The number of aryl methyl sites for hydroxylation is 1. The van der Waals surface area contributed by atoms with Gasteiger partial charge in [-0.25, -0.2) is 4.98 Å². The monoisotopic (exact) mass is 273 g/mol. The molecule has 1 aliphatic heterocycles. The smallest absolute Gasteiger partial charge is 0.303 e. The average Bonchev–Trinajstić information content (AvgIpc) is 2.96. The van der Waals surface area contributed by atoms with E-state index >= 15 is 0 Å². The first-order valence-electron chi connectivity index (χ1n) is 6.99. The molecule has 0 amide bonds. The maximum atomic E-state index is 10.7. The minimum absolute atomic E-state index is 0.279. The van der Waals surface area contributed by atoms with Crippen molar-refractivity contribution in [3.63, 3.8) is 0 Å². The first-order chi connectivity index (χ1) is 9.61. The third-order valence-electron chi connectivity index (χ3n) is 3.95. The van der Waals surface area contributed by atoms with Crippen LogP contribution in [0.5, 0.6) is 0 Å². The largest absolute Gasteiger partial charge is 0.481 e. The molecule has 1 saturated heterocycles. The fourth-order valence-corrected chi connectivity index (χ4v) is 2.98. The number of imidazole rings is 1. The van der Waals surface area contributed by atoms with Crippen molar-refractivity contribution in [3.05, 3.63) is 35.8 Å². The van der Waals surface area contributed by atoms with E-state index in [1.165, 1.54) is 5.56 Å². The molecule has 106 valence electrons. The number of likely N-dealkylation sites (tertiary alicyclic amines) is 1. The summed E-state index contributed by atoms with van der Waals surface area (Å²) in [7, 11) is 0. The van der Waals surface area contributed by atoms with Gasteiger partial charge in [0.2, 0.25) is 0 Å². The lowest BCUT2D eigenvalue weighted by Crippen LogP contribution is -2.21. The molecule has 1 atom stereocenters. The Labute approximate surface area is 117 Å². The second-order valence-electron chi connectivity index (χ2n) is 5.64. The zero-order valence-corrected chi connectivity index (χ0v) is 11.6. The van der Waals surface area contributed by atoms with Gasteiger partial charge < -0.3 is 9.51 Å². The predicted molar refractivity (Wildman–Crippen MR) is 75.6 cm³/mol. The number of carboxylic acids is 1. The number of carboxylic acid groups (broad SMARTS) is 1. The van der Waals surface area contributed by atoms with Gasteiger partial charge in [-0.1, -0.05) is 6.07 Å². The molecular weight excluding hydrogens is 254 g/mol. The third-order valence-corrected chi connectivity index (χ3v) is 3.95. The zero-order chi connectivity index (χ0) is 14.1. The minimum atomic E-state index is -0.694. The fraction of sp³-hybridized carbons (Fsp3) is 0.467. The highest BCUT2D eigenvalue weighted by Crippen LogP contribution is 2.21. The Kier molecular flexibility index (Phi) is 3.44. The quantitative estimate of drug-likeness (QED) is 0.925. The lowest BCUT2D eigenvalue weighted by Gasteiger charge is -2.13. The van der Waals surface area contributed by atoms with Crippen molar-refractivity contribution in [3.8, 4) is 0 Å². The van der Waals surface area contributed by atoms with E-state index < -0.39 is 5.97 Å². The highest BCUT2D eigenvalue weighted by atomic mass is 16.4. The van der Waals surface area contributed by atoms with Crippen LogP contribution in [0.1, 0.15) is 24.1 Å². The van der Waals surface area contributed by atoms with Crippen LogP contribution < -0.4 is 0 Å². The Bertz CT molecular complexity index is 635. The predicted octanol–water partition coefficient (Wildman–Crippen LogP) is 1.94. The standard InChI is InChI=1S/C15H19N3O2/c1-11-3-2-5-18-10-13(16-15(11)18)9-17-6-4-12(8-17)7-14(19)20/h2-3,5,10,12H,4,6-9H2,1H3,(H,19,20). The highest BCUT2D eigenvalue weighted by molar-refractivity contribution is 5.67. The number of rotatable bonds is 4. The Morgan fingerprint density at radius 3 is 3.15 bits per heavy atom. The molecule has 2 aromatic rings. The molecule has 3 rings (SSSR count). The van der Waals surface area contributed by atoms with Crippen LogP contribution in [0.4, 0.5) is 0 Å². The van der Waals surface area contributed by atoms with Gasteiger partial charge in [-0.05, 0) is 37.4 Å². The molecular formula is C15H19N3O2. The van der Waals surface area contributed by atoms with Crippen molar-refractivity contribution in [2.24, 2.45) is 5.92 Å². The molecule has 0 aliphatic carbocycles. The van der Waals surface area contributed by atoms with E-state index in [1.807, 2.05) is 12.3 Å². The molecule has 20 heavy (non-hydrogen) atoms. The molecule has 5 heteroatoms. The summed E-state index contributed by atoms with van der Waals surface area (Å²) in [5, 5.41) is 8.84. The molecule has 1 N–H and O–H groups in total. The van der Waals surface area contributed by atoms with Crippen molar-refractivity contribution >= 4 is 11.6 Å². The summed E-state index contributed by atoms with van der Waals surface area (Å²) >= 11 is 0. The molecule has 3 heterocycles. The molecule has 1 aliphatic rings. The first kappa shape index (κ1) is 13.1. The van der Waals surface area contributed by atoms with Gasteiger partial charge in [0.15, 0.2) is 0 Å². The van der Waals surface area contributed by atoms with Gasteiger partial charge in [0.25, 0.3) is 0 Å². The van der Waals surface area contributed by atoms with Crippen molar-refractivity contribution in [1.29, 1.82) is 0 Å². The molecule has 0 saturated carbocycles. The van der Waals surface area contributed by atoms with E-state index in [4.69, 9.17) is 5.11 Å². The minimum Gasteiger partial charge on any atom is -0.481 e. The van der Waals surface area contributed by atoms with E-state index in [0.29, 0.717) is 0 Å². The number of nitrogens with zero attached hydrogens (tertiary/aromatic N) is 3. The van der Waals surface area contributed by atoms with Gasteiger partial charge in [-0.2, -0.15) is 0 Å². The summed E-state index contributed by atoms with van der Waals surface area (Å²) in [5.74, 6) is -0.411. The fourth-order valence-electron chi connectivity index (χ4n) is 2.98. The zero-order valence-electron chi connectivity index (χ0n) is 11.6. The summed E-state index contributed by atoms with van der Waals surface area (Å²) in [4.78, 5) is 17.7. The number of pyridine rings is 1. The normalized spacial score (nSPS) is 19.8. The number of carbonyl (C=O) groups is 1. The summed E-state index contributed by atoms with van der Waals surface area (Å²) in [6.45, 7) is 4.69. The maximum Gasteiger partial charge on any atom is 0.303 e. The number of aliphatic carboxylic acids is 1. The third kappa shape index (κ3) is 2.67. The second kappa shape index (κ2) is 5.25. The van der Waals surface area contributed by atoms with Crippen LogP contribution in [0.25, 0.3) is 5.65 Å². The number of fused-ring (bicyclic) bond motifs is 1. The Morgan fingerprint density at radius 1 is 1.55 bits per heavy atom. The van der Waals surface area contributed by atoms with Gasteiger partial charge >= 0.3 is 5.97 Å². The molecule has 1 fully saturated rings. The van der Waals surface area contributed by atoms with Crippen molar-refractivity contribution in [2.75, 3.05) is 13.1 Å². The average molecular weight is 273 g/mol. The van der Waals surface area contributed by atoms with Gasteiger partial charge in [0, 0.05) is 31.9 Å². The van der Waals surface area contributed by atoms with E-state index in [9.17, 15) is 4.79 Å². The summed E-state index contributed by atoms with van der Waals surface area (Å²) in [5.41, 5.74) is 3.22. The van der Waals surface area contributed by atoms with Gasteiger partial charge in [-0.15, -0.1) is 0 Å². The van der Waals surface area contributed by atoms with Crippen LogP contribution >= 0.6 is 0 Å². The topological polar surface area (TPSA) is 57.8 Å². The second-order valence-corrected chi connectivity index (χ2v) is 5.64. The molecule has 5 nitrogen and oxygen atoms in total. The van der Waals surface area contributed by atoms with Gasteiger partial charge in [0.1, 0.15) is 5.65 Å². The molecule has 0 radical (unpaired) electrons. The van der Waals surface area contributed by atoms with Crippen molar-refractivity contribution in [1.82, 2.24) is 14.3 Å². The lowest BCUT2D eigenvalue weighted by atomic mass is 10.1. The van der Waals surface area contributed by atoms with Crippen LogP contribution in [0, 0.1) is 12.8 Å². The molecule has 0 aromatic carbocycles. The van der Waals surface area contributed by atoms with Gasteiger partial charge in [-0.3, -0.25) is 9.69 Å². The summed E-state index contributed by atoms with van der Waals surface area (Å²) in [6, 6.07) is 4.08. The van der Waals surface area contributed by atoms with Crippen LogP contribution in [-0.2, 0) is 11.3 Å². The van der Waals surface area contributed by atoms with Crippen molar-refractivity contribution in [2.45, 2.75) is 26.3 Å². The molecule has 1 unspecified atom stereocenters. The Balaban J connectivity index is 1.68. The summed E-state index contributed by atoms with van der Waals surface area (Å²) in [6.07, 6.45) is 5.32. The highest BCUT2D eigenvalue weighted by Gasteiger charge is 2.24. The first-order valence-corrected chi connectivity index (χ1v) is 6.99. The van der Waals surface area contributed by atoms with Crippen LogP contribution in [0.2, 0.25) is 0 Å². The van der Waals surface area contributed by atoms with Crippen molar-refractivity contribution < 1.29 is 9.90 Å². The molecule has 0 spiro atoms. The number of hydrogen-bond donors (Lipinski definition) is 1. The lowest BCUT2D eigenvalue weighted by molar-refractivity contribution is -0.138. The van der Waals surface area contributed by atoms with E-state index in [2.05, 4.69) is 33.5 Å². The van der Waals surface area contributed by atoms with Crippen LogP contribution in [0.3, 0.4) is 0 Å².